The van der Waals surface area contributed by atoms with Crippen LogP contribution in [0.5, 0.6) is 5.75 Å². The second-order valence-corrected chi connectivity index (χ2v) is 7.06. The molecule has 4 rings (SSSR count). The lowest BCUT2D eigenvalue weighted by Crippen LogP contribution is -2.49. The Hall–Kier alpha value is -3.49. The molecule has 0 radical (unpaired) electrons. The molecule has 162 valence electrons. The molecule has 6 nitrogen and oxygen atoms in total. The number of nitrogens with zero attached hydrogens (tertiary/aromatic N) is 3. The van der Waals surface area contributed by atoms with Crippen molar-refractivity contribution in [1.29, 1.82) is 0 Å². The summed E-state index contributed by atoms with van der Waals surface area (Å²) in [5.41, 5.74) is -0.131. The first-order chi connectivity index (χ1) is 14.9. The molecule has 0 aliphatic carbocycles. The minimum absolute atomic E-state index is 0.205. The number of para-hydroxylation sites is 1. The lowest BCUT2D eigenvalue weighted by molar-refractivity contribution is -0.137. The van der Waals surface area contributed by atoms with Crippen LogP contribution in [0.4, 0.5) is 19.0 Å². The molecule has 3 aromatic rings. The van der Waals surface area contributed by atoms with Gasteiger partial charge in [-0.3, -0.25) is 4.79 Å². The number of aromatic nitrogens is 1. The second kappa shape index (κ2) is 8.71. The van der Waals surface area contributed by atoms with Crippen molar-refractivity contribution < 1.29 is 27.1 Å². The second-order valence-electron chi connectivity index (χ2n) is 7.06. The minimum Gasteiger partial charge on any atom is -0.489 e. The fourth-order valence-electron chi connectivity index (χ4n) is 3.34. The van der Waals surface area contributed by atoms with E-state index in [4.69, 9.17) is 9.15 Å². The monoisotopic (exact) mass is 431 g/mol. The van der Waals surface area contributed by atoms with Gasteiger partial charge in [0.25, 0.3) is 5.91 Å². The highest BCUT2D eigenvalue weighted by Crippen LogP contribution is 2.29. The van der Waals surface area contributed by atoms with Crippen LogP contribution in [0.3, 0.4) is 0 Å². The fourth-order valence-corrected chi connectivity index (χ4v) is 3.34. The third-order valence-electron chi connectivity index (χ3n) is 5.04. The van der Waals surface area contributed by atoms with Gasteiger partial charge in [0.15, 0.2) is 5.76 Å². The number of rotatable bonds is 5. The lowest BCUT2D eigenvalue weighted by atomic mass is 10.2. The Balaban J connectivity index is 1.35. The molecular formula is C22H20F3N3O3. The zero-order valence-corrected chi connectivity index (χ0v) is 16.5. The van der Waals surface area contributed by atoms with Gasteiger partial charge < -0.3 is 19.0 Å². The predicted molar refractivity (Wildman–Crippen MR) is 107 cm³/mol. The van der Waals surface area contributed by atoms with Gasteiger partial charge in [-0.25, -0.2) is 4.98 Å². The van der Waals surface area contributed by atoms with E-state index < -0.39 is 11.7 Å². The molecule has 0 atom stereocenters. The topological polar surface area (TPSA) is 58.8 Å². The summed E-state index contributed by atoms with van der Waals surface area (Å²) in [7, 11) is 0. The fraction of sp³-hybridized carbons (Fsp3) is 0.273. The van der Waals surface area contributed by atoms with E-state index >= 15 is 0 Å². The molecule has 1 amide bonds. The number of benzene rings is 1. The molecule has 0 bridgehead atoms. The van der Waals surface area contributed by atoms with Crippen molar-refractivity contribution >= 4 is 11.7 Å². The molecule has 1 aliphatic heterocycles. The molecular weight excluding hydrogens is 411 g/mol. The Morgan fingerprint density at radius 1 is 1.03 bits per heavy atom. The number of alkyl halides is 3. The van der Waals surface area contributed by atoms with E-state index in [1.54, 1.807) is 11.0 Å². The Kier molecular flexibility index (Phi) is 5.83. The molecule has 1 aromatic carbocycles. The first kappa shape index (κ1) is 20.8. The number of anilines is 1. The molecule has 3 heterocycles. The van der Waals surface area contributed by atoms with Crippen LogP contribution >= 0.6 is 0 Å². The summed E-state index contributed by atoms with van der Waals surface area (Å²) in [5.74, 6) is 1.14. The maximum absolute atomic E-state index is 12.9. The number of halogens is 3. The quantitative estimate of drug-likeness (QED) is 0.605. The molecule has 1 fully saturated rings. The zero-order chi connectivity index (χ0) is 21.8. The number of carbonyl (C=O) groups excluding carboxylic acids is 1. The summed E-state index contributed by atoms with van der Waals surface area (Å²) < 4.78 is 49.2. The van der Waals surface area contributed by atoms with E-state index in [-0.39, 0.29) is 18.3 Å². The molecule has 1 saturated heterocycles. The smallest absolute Gasteiger partial charge is 0.417 e. The van der Waals surface area contributed by atoms with Crippen molar-refractivity contribution in [2.45, 2.75) is 12.8 Å². The average molecular weight is 431 g/mol. The largest absolute Gasteiger partial charge is 0.489 e. The van der Waals surface area contributed by atoms with E-state index in [9.17, 15) is 18.0 Å². The van der Waals surface area contributed by atoms with Crippen molar-refractivity contribution in [2.75, 3.05) is 31.1 Å². The summed E-state index contributed by atoms with van der Waals surface area (Å²) in [6.45, 7) is 1.93. The highest BCUT2D eigenvalue weighted by molar-refractivity contribution is 5.93. The first-order valence-corrected chi connectivity index (χ1v) is 9.73. The van der Waals surface area contributed by atoms with Gasteiger partial charge >= 0.3 is 6.18 Å². The Labute approximate surface area is 176 Å². The number of carbonyl (C=O) groups is 1. The van der Waals surface area contributed by atoms with Crippen LogP contribution in [0, 0.1) is 0 Å². The van der Waals surface area contributed by atoms with E-state index in [2.05, 4.69) is 4.98 Å². The van der Waals surface area contributed by atoms with Crippen molar-refractivity contribution in [2.24, 2.45) is 0 Å². The zero-order valence-electron chi connectivity index (χ0n) is 16.5. The van der Waals surface area contributed by atoms with E-state index in [0.717, 1.165) is 12.3 Å². The maximum atomic E-state index is 12.9. The van der Waals surface area contributed by atoms with Crippen LogP contribution in [-0.4, -0.2) is 42.0 Å². The Morgan fingerprint density at radius 3 is 2.42 bits per heavy atom. The molecule has 0 spiro atoms. The van der Waals surface area contributed by atoms with Gasteiger partial charge in [0.1, 0.15) is 18.2 Å². The minimum atomic E-state index is -4.42. The van der Waals surface area contributed by atoms with Gasteiger partial charge in [-0.2, -0.15) is 13.2 Å². The van der Waals surface area contributed by atoms with Crippen LogP contribution in [0.1, 0.15) is 21.7 Å². The molecule has 0 N–H and O–H groups in total. The maximum Gasteiger partial charge on any atom is 0.417 e. The van der Waals surface area contributed by atoms with Crippen LogP contribution < -0.4 is 9.64 Å². The summed E-state index contributed by atoms with van der Waals surface area (Å²) in [6, 6.07) is 13.3. The Bertz CT molecular complexity index is 1010. The van der Waals surface area contributed by atoms with E-state index in [1.165, 1.54) is 12.3 Å². The summed E-state index contributed by atoms with van der Waals surface area (Å²) >= 11 is 0. The number of ether oxygens (including phenoxy) is 1. The van der Waals surface area contributed by atoms with Gasteiger partial charge in [-0.1, -0.05) is 18.2 Å². The van der Waals surface area contributed by atoms with Gasteiger partial charge in [-0.15, -0.1) is 0 Å². The molecule has 31 heavy (non-hydrogen) atoms. The lowest BCUT2D eigenvalue weighted by Gasteiger charge is -2.35. The predicted octanol–water partition coefficient (Wildman–Crippen LogP) is 4.23. The van der Waals surface area contributed by atoms with E-state index in [0.29, 0.717) is 43.3 Å². The number of piperazine rings is 1. The molecule has 9 heteroatoms. The van der Waals surface area contributed by atoms with Crippen molar-refractivity contribution in [3.8, 4) is 5.75 Å². The highest BCUT2D eigenvalue weighted by atomic mass is 19.4. The summed E-state index contributed by atoms with van der Waals surface area (Å²) in [5, 5.41) is 0. The van der Waals surface area contributed by atoms with Gasteiger partial charge in [0, 0.05) is 37.9 Å². The van der Waals surface area contributed by atoms with E-state index in [1.807, 2.05) is 35.2 Å². The number of amides is 1. The van der Waals surface area contributed by atoms with Crippen molar-refractivity contribution in [3.05, 3.63) is 77.9 Å². The van der Waals surface area contributed by atoms with Gasteiger partial charge in [0.05, 0.1) is 11.8 Å². The molecule has 1 aliphatic rings. The SMILES string of the molecule is O=C(c1occc1COc1ccccc1)N1CCN(c2ccc(C(F)(F)F)cn2)CC1. The van der Waals surface area contributed by atoms with Gasteiger partial charge in [0.2, 0.25) is 0 Å². The van der Waals surface area contributed by atoms with Crippen LogP contribution in [-0.2, 0) is 12.8 Å². The van der Waals surface area contributed by atoms with Crippen LogP contribution in [0.15, 0.2) is 65.4 Å². The van der Waals surface area contributed by atoms with Crippen LogP contribution in [0.25, 0.3) is 0 Å². The van der Waals surface area contributed by atoms with Crippen LogP contribution in [0.2, 0.25) is 0 Å². The highest BCUT2D eigenvalue weighted by Gasteiger charge is 2.31. The third kappa shape index (κ3) is 4.82. The number of hydrogen-bond donors (Lipinski definition) is 0. The number of hydrogen-bond acceptors (Lipinski definition) is 5. The molecule has 2 aromatic heterocycles. The van der Waals surface area contributed by atoms with Gasteiger partial charge in [-0.05, 0) is 30.3 Å². The normalized spacial score (nSPS) is 14.5. The first-order valence-electron chi connectivity index (χ1n) is 9.73. The van der Waals surface area contributed by atoms with Crippen molar-refractivity contribution in [3.63, 3.8) is 0 Å². The average Bonchev–Trinajstić information content (AvgIpc) is 3.26. The molecule has 0 saturated carbocycles. The number of furan rings is 1. The third-order valence-corrected chi connectivity index (χ3v) is 5.04. The summed E-state index contributed by atoms with van der Waals surface area (Å²) in [6.07, 6.45) is -2.13. The number of pyridine rings is 1. The summed E-state index contributed by atoms with van der Waals surface area (Å²) in [4.78, 5) is 20.3. The Morgan fingerprint density at radius 2 is 1.77 bits per heavy atom. The van der Waals surface area contributed by atoms with Crippen molar-refractivity contribution in [1.82, 2.24) is 9.88 Å². The molecule has 0 unspecified atom stereocenters. The standard InChI is InChI=1S/C22H20F3N3O3/c23-22(24,25)17-6-7-19(26-14-17)27-9-11-28(12-10-27)21(29)20-16(8-13-30-20)15-31-18-4-2-1-3-5-18/h1-8,13-14H,9-12,15H2.